The molecule has 0 fully saturated rings. The Morgan fingerprint density at radius 3 is 1.31 bits per heavy atom. The summed E-state index contributed by atoms with van der Waals surface area (Å²) in [6.07, 6.45) is 0. The van der Waals surface area contributed by atoms with E-state index >= 15 is 0 Å². The molecule has 0 heterocycles. The topological polar surface area (TPSA) is 0 Å². The van der Waals surface area contributed by atoms with E-state index in [-0.39, 0.29) is 8.80 Å². The molecule has 0 saturated heterocycles. The zero-order valence-corrected chi connectivity index (χ0v) is 10.6. The van der Waals surface area contributed by atoms with Crippen molar-refractivity contribution in [2.24, 2.45) is 0 Å². The van der Waals surface area contributed by atoms with Gasteiger partial charge in [0.05, 0.1) is 0 Å². The van der Waals surface area contributed by atoms with Gasteiger partial charge in [0.25, 0.3) is 0 Å². The smallest absolute Gasteiger partial charge is 0.172 e. The summed E-state index contributed by atoms with van der Waals surface area (Å²) in [4.78, 5) is 0. The van der Waals surface area contributed by atoms with Gasteiger partial charge in [-0.25, -0.2) is 12.1 Å². The molecule has 0 amide bonds. The van der Waals surface area contributed by atoms with Gasteiger partial charge in [0, 0.05) is 8.80 Å². The van der Waals surface area contributed by atoms with Crippen molar-refractivity contribution in [2.45, 2.75) is 19.6 Å². The van der Waals surface area contributed by atoms with Crippen LogP contribution >= 0.6 is 0 Å². The molecule has 0 bridgehead atoms. The molecular weight excluding hydrogens is 229 g/mol. The van der Waals surface area contributed by atoms with E-state index in [2.05, 4.69) is 19.6 Å². The maximum absolute atomic E-state index is 9.83. The Morgan fingerprint density at radius 2 is 1.23 bits per heavy atom. The maximum atomic E-state index is 9.83. The molecule has 0 aromatic heterocycles. The van der Waals surface area contributed by atoms with E-state index < -0.39 is 19.5 Å². The molecule has 13 heavy (non-hydrogen) atoms. The minimum Gasteiger partial charge on any atom is -0.214 e. The largest absolute Gasteiger partial charge is 0.214 e. The number of hydrogen-bond donors (Lipinski definition) is 0. The quantitative estimate of drug-likeness (QED) is 0.476. The number of halogens is 3. The third-order valence-corrected chi connectivity index (χ3v) is 0.556. The van der Waals surface area contributed by atoms with Crippen molar-refractivity contribution in [3.05, 3.63) is 30.3 Å². The third-order valence-electron chi connectivity index (χ3n) is 0.556. The van der Waals surface area contributed by atoms with E-state index in [4.69, 9.17) is 0 Å². The second-order valence-electron chi connectivity index (χ2n) is 2.68. The van der Waals surface area contributed by atoms with Crippen LogP contribution in [0.25, 0.3) is 0 Å². The minimum atomic E-state index is -4.83. The fourth-order valence-electron chi connectivity index (χ4n) is 0.321. The van der Waals surface area contributed by atoms with Crippen LogP contribution in [-0.2, 0) is 19.5 Å². The Kier molecular flexibility index (Phi) is 14.4. The van der Waals surface area contributed by atoms with Crippen LogP contribution in [-0.4, -0.2) is 8.80 Å². The van der Waals surface area contributed by atoms with Gasteiger partial charge in [-0.1, -0.05) is 19.6 Å². The normalized spacial score (nSPS) is 7.92. The molecule has 1 aromatic rings. The van der Waals surface area contributed by atoms with Crippen LogP contribution in [0.3, 0.4) is 0 Å². The molecule has 5 heteroatoms. The first-order chi connectivity index (χ1) is 5.96. The van der Waals surface area contributed by atoms with E-state index in [0.717, 1.165) is 0 Å². The molecule has 1 aromatic carbocycles. The summed E-state index contributed by atoms with van der Waals surface area (Å²) in [5.41, 5.74) is 0. The van der Waals surface area contributed by atoms with Crippen molar-refractivity contribution in [3.63, 3.8) is 0 Å². The summed E-state index contributed by atoms with van der Waals surface area (Å²) >= 11 is -4.83. The zero-order valence-electron chi connectivity index (χ0n) is 8.02. The number of rotatable bonds is 0. The van der Waals surface area contributed by atoms with E-state index in [1.807, 2.05) is 30.3 Å². The van der Waals surface area contributed by atoms with Crippen LogP contribution in [0.5, 0.6) is 0 Å². The van der Waals surface area contributed by atoms with E-state index in [1.54, 1.807) is 0 Å². The van der Waals surface area contributed by atoms with Crippen LogP contribution in [0, 0.1) is 0 Å². The summed E-state index contributed by atoms with van der Waals surface area (Å²) in [5, 5.41) is 0. The molecule has 0 saturated carbocycles. The second kappa shape index (κ2) is 12.1. The first-order valence-corrected chi connectivity index (χ1v) is 8.50. The van der Waals surface area contributed by atoms with Gasteiger partial charge in [0.15, 0.2) is 0 Å². The fourth-order valence-corrected chi connectivity index (χ4v) is 0.321. The molecule has 1 rings (SSSR count). The summed E-state index contributed by atoms with van der Waals surface area (Å²) in [6, 6.07) is 10.0. The van der Waals surface area contributed by atoms with Gasteiger partial charge in [-0.15, -0.1) is 0 Å². The second-order valence-corrected chi connectivity index (χ2v) is 6.35. The third kappa shape index (κ3) is 47.6. The Balaban J connectivity index is 0. The average molecular weight is 243 g/mol. The van der Waals surface area contributed by atoms with Gasteiger partial charge >= 0.3 is 28.8 Å². The molecule has 0 spiro atoms. The van der Waals surface area contributed by atoms with Crippen LogP contribution < -0.4 is 0 Å². The first-order valence-electron chi connectivity index (χ1n) is 3.73. The molecule has 0 N–H and O–H groups in total. The summed E-state index contributed by atoms with van der Waals surface area (Å²) in [5.74, 6) is 0. The van der Waals surface area contributed by atoms with Crippen molar-refractivity contribution in [1.82, 2.24) is 0 Å². The predicted molar refractivity (Wildman–Crippen MR) is 48.7 cm³/mol. The zero-order chi connectivity index (χ0) is 10.7. The molecule has 75 valence electrons. The van der Waals surface area contributed by atoms with Gasteiger partial charge in [-0.05, 0) is 0 Å². The van der Waals surface area contributed by atoms with E-state index in [0.29, 0.717) is 0 Å². The van der Waals surface area contributed by atoms with E-state index in [1.165, 1.54) is 0 Å². The predicted octanol–water partition coefficient (Wildman–Crippen LogP) is 4.03. The Labute approximate surface area is 87.6 Å². The maximum Gasteiger partial charge on any atom is -0.172 e. The number of hydrogen-bond acceptors (Lipinski definition) is 0. The van der Waals surface area contributed by atoms with Gasteiger partial charge in [-0.2, -0.15) is 18.2 Å². The van der Waals surface area contributed by atoms with Crippen LogP contribution in [0.2, 0.25) is 19.6 Å². The molecule has 0 unspecified atom stereocenters. The Bertz CT molecular complexity index is 126. The van der Waals surface area contributed by atoms with Gasteiger partial charge in [-0.3, -0.25) is 0 Å². The minimum absolute atomic E-state index is 0.120. The van der Waals surface area contributed by atoms with E-state index in [9.17, 15) is 9.28 Å². The van der Waals surface area contributed by atoms with Crippen LogP contribution in [0.1, 0.15) is 0 Å². The molecular formula is C8H14F3SiTi. The van der Waals surface area contributed by atoms with Crippen LogP contribution in [0.15, 0.2) is 30.3 Å². The first kappa shape index (κ1) is 15.5. The summed E-state index contributed by atoms with van der Waals surface area (Å²) in [7, 11) is 0.120. The molecule has 0 aliphatic rings. The van der Waals surface area contributed by atoms with Crippen molar-refractivity contribution in [3.8, 4) is 0 Å². The van der Waals surface area contributed by atoms with Crippen molar-refractivity contribution in [1.29, 1.82) is 0 Å². The molecule has 0 atom stereocenters. The van der Waals surface area contributed by atoms with Crippen molar-refractivity contribution < 1.29 is 28.8 Å². The molecule has 0 nitrogen and oxygen atoms in total. The summed E-state index contributed by atoms with van der Waals surface area (Å²) in [6.45, 7) is 6.81. The Morgan fingerprint density at radius 1 is 1.00 bits per heavy atom. The SMILES string of the molecule is C[Si](C)C.[F][Ti+]([F])[F].c1cc[cH-]c1. The van der Waals surface area contributed by atoms with Gasteiger partial charge in [0.2, 0.25) is 0 Å². The standard InChI is InChI=1S/C5H5.C3H9Si.3FH.Ti/c1-2-4-5-3-1;1-4(2)3;;;;/h1-5H;1-3H3;3*1H;/q-1;;;;;+4/p-3. The monoisotopic (exact) mass is 243 g/mol. The molecule has 0 aliphatic heterocycles. The fraction of sp³-hybridized carbons (Fsp3) is 0.375. The van der Waals surface area contributed by atoms with Crippen LogP contribution in [0.4, 0.5) is 9.28 Å². The van der Waals surface area contributed by atoms with Crippen molar-refractivity contribution >= 4 is 8.80 Å². The molecule has 1 radical (unpaired) electrons. The average Bonchev–Trinajstić information content (AvgIpc) is 2.35. The van der Waals surface area contributed by atoms with Crippen molar-refractivity contribution in [2.75, 3.05) is 0 Å². The summed E-state index contributed by atoms with van der Waals surface area (Å²) < 4.78 is 29.5. The molecule has 0 aliphatic carbocycles. The van der Waals surface area contributed by atoms with Gasteiger partial charge < -0.3 is 0 Å². The Hall–Kier alpha value is 0.0712. The van der Waals surface area contributed by atoms with Gasteiger partial charge in [0.1, 0.15) is 0 Å².